The summed E-state index contributed by atoms with van der Waals surface area (Å²) in [6.07, 6.45) is 3.49. The van der Waals surface area contributed by atoms with Crippen LogP contribution in [-0.2, 0) is 23.4 Å². The second-order valence-electron chi connectivity index (χ2n) is 11.0. The van der Waals surface area contributed by atoms with Crippen LogP contribution in [0.3, 0.4) is 0 Å². The fourth-order valence-electron chi connectivity index (χ4n) is 6.04. The lowest BCUT2D eigenvalue weighted by Crippen LogP contribution is -2.67. The second kappa shape index (κ2) is 10.6. The number of fused-ring (bicyclic) bond motifs is 1. The van der Waals surface area contributed by atoms with Crippen molar-refractivity contribution in [1.82, 2.24) is 0 Å². The highest BCUT2D eigenvalue weighted by molar-refractivity contribution is 6.99. The second-order valence-corrected chi connectivity index (χ2v) is 15.3. The van der Waals surface area contributed by atoms with Crippen molar-refractivity contribution in [3.05, 3.63) is 60.7 Å². The van der Waals surface area contributed by atoms with Gasteiger partial charge in [0.2, 0.25) is 0 Å². The van der Waals surface area contributed by atoms with Gasteiger partial charge in [-0.15, -0.1) is 0 Å². The molecule has 0 aliphatic carbocycles. The lowest BCUT2D eigenvalue weighted by atomic mass is 9.85. The zero-order valence-electron chi connectivity index (χ0n) is 21.7. The molecular formula is C29H40O5Si. The third-order valence-electron chi connectivity index (χ3n) is 7.82. The van der Waals surface area contributed by atoms with Gasteiger partial charge in [0.1, 0.15) is 6.29 Å². The SMILES string of the molecule is CO[C@@]1(CCC=O)O[C@@H]2C[C@@H](CO[Si](c3ccccc3)(c3ccccc3)C(C)(C)C)O[C@@H]2C[C@H]1C. The number of hydrogen-bond donors (Lipinski definition) is 0. The van der Waals surface area contributed by atoms with Gasteiger partial charge in [0.15, 0.2) is 5.79 Å². The maximum Gasteiger partial charge on any atom is 0.261 e. The Morgan fingerprint density at radius 1 is 1.00 bits per heavy atom. The van der Waals surface area contributed by atoms with E-state index < -0.39 is 14.1 Å². The van der Waals surface area contributed by atoms with Gasteiger partial charge in [-0.3, -0.25) is 0 Å². The van der Waals surface area contributed by atoms with Crippen molar-refractivity contribution in [1.29, 1.82) is 0 Å². The molecule has 5 nitrogen and oxygen atoms in total. The summed E-state index contributed by atoms with van der Waals surface area (Å²) < 4.78 is 26.0. The molecule has 0 aromatic heterocycles. The predicted octanol–water partition coefficient (Wildman–Crippen LogP) is 4.47. The smallest absolute Gasteiger partial charge is 0.261 e. The molecule has 0 saturated carbocycles. The summed E-state index contributed by atoms with van der Waals surface area (Å²) in [4.78, 5) is 11.0. The van der Waals surface area contributed by atoms with Crippen molar-refractivity contribution in [3.8, 4) is 0 Å². The fourth-order valence-corrected chi connectivity index (χ4v) is 10.6. The number of carbonyl (C=O) groups is 1. The van der Waals surface area contributed by atoms with Crippen LogP contribution in [-0.4, -0.2) is 52.4 Å². The van der Waals surface area contributed by atoms with Crippen LogP contribution in [0, 0.1) is 5.92 Å². The molecule has 35 heavy (non-hydrogen) atoms. The van der Waals surface area contributed by atoms with Gasteiger partial charge in [0, 0.05) is 32.3 Å². The van der Waals surface area contributed by atoms with Crippen LogP contribution in [0.5, 0.6) is 0 Å². The molecule has 190 valence electrons. The van der Waals surface area contributed by atoms with Gasteiger partial charge in [-0.25, -0.2) is 0 Å². The van der Waals surface area contributed by atoms with Gasteiger partial charge in [0.25, 0.3) is 8.32 Å². The van der Waals surface area contributed by atoms with E-state index in [0.29, 0.717) is 19.4 Å². The Balaban J connectivity index is 1.57. The Kier molecular flexibility index (Phi) is 7.98. The number of ether oxygens (including phenoxy) is 3. The van der Waals surface area contributed by atoms with Gasteiger partial charge >= 0.3 is 0 Å². The van der Waals surface area contributed by atoms with E-state index in [2.05, 4.69) is 88.4 Å². The summed E-state index contributed by atoms with van der Waals surface area (Å²) in [5.41, 5.74) is 0. The summed E-state index contributed by atoms with van der Waals surface area (Å²) in [6, 6.07) is 21.4. The molecule has 0 unspecified atom stereocenters. The number of rotatable bonds is 9. The standard InChI is InChI=1S/C29H40O5Si/c1-22-19-26-27(34-29(22,31-5)17-12-18-30)20-23(33-26)21-32-35(28(2,3)4,24-13-8-6-9-14-24)25-15-10-7-11-16-25/h6-11,13-16,18,22-23,26-27H,12,17,19-21H2,1-5H3/t22-,23+,26-,27-,29+/m1/s1. The molecule has 2 aliphatic rings. The minimum absolute atomic E-state index is 0.0252. The van der Waals surface area contributed by atoms with Gasteiger partial charge in [-0.1, -0.05) is 88.4 Å². The Hall–Kier alpha value is -1.83. The molecule has 0 amide bonds. The number of methoxy groups -OCH3 is 1. The van der Waals surface area contributed by atoms with Crippen molar-refractivity contribution in [3.63, 3.8) is 0 Å². The van der Waals surface area contributed by atoms with E-state index >= 15 is 0 Å². The molecule has 6 heteroatoms. The van der Waals surface area contributed by atoms with E-state index in [9.17, 15) is 4.79 Å². The van der Waals surface area contributed by atoms with Crippen molar-refractivity contribution >= 4 is 25.0 Å². The summed E-state index contributed by atoms with van der Waals surface area (Å²) in [7, 11) is -0.935. The average Bonchev–Trinajstić information content (AvgIpc) is 3.24. The Morgan fingerprint density at radius 3 is 2.11 bits per heavy atom. The van der Waals surface area contributed by atoms with E-state index in [0.717, 1.165) is 19.1 Å². The molecule has 0 spiro atoms. The zero-order chi connectivity index (χ0) is 25.1. The third-order valence-corrected chi connectivity index (χ3v) is 12.8. The number of carbonyl (C=O) groups excluding carboxylic acids is 1. The van der Waals surface area contributed by atoms with E-state index in [-0.39, 0.29) is 29.3 Å². The largest absolute Gasteiger partial charge is 0.405 e. The summed E-state index contributed by atoms with van der Waals surface area (Å²) in [6.45, 7) is 9.52. The molecule has 2 aromatic carbocycles. The fraction of sp³-hybridized carbons (Fsp3) is 0.552. The lowest BCUT2D eigenvalue weighted by molar-refractivity contribution is -0.307. The highest BCUT2D eigenvalue weighted by atomic mass is 28.4. The summed E-state index contributed by atoms with van der Waals surface area (Å²) >= 11 is 0. The molecule has 2 saturated heterocycles. The average molecular weight is 497 g/mol. The van der Waals surface area contributed by atoms with Crippen LogP contribution in [0.4, 0.5) is 0 Å². The molecular weight excluding hydrogens is 456 g/mol. The minimum atomic E-state index is -2.62. The molecule has 5 atom stereocenters. The lowest BCUT2D eigenvalue weighted by Gasteiger charge is -2.45. The summed E-state index contributed by atoms with van der Waals surface area (Å²) in [5.74, 6) is -0.579. The Bertz CT molecular complexity index is 921. The van der Waals surface area contributed by atoms with Crippen molar-refractivity contribution < 1.29 is 23.4 Å². The Morgan fingerprint density at radius 2 is 1.60 bits per heavy atom. The minimum Gasteiger partial charge on any atom is -0.405 e. The molecule has 2 aromatic rings. The zero-order valence-corrected chi connectivity index (χ0v) is 22.7. The van der Waals surface area contributed by atoms with E-state index in [1.54, 1.807) is 7.11 Å². The van der Waals surface area contributed by atoms with Crippen molar-refractivity contribution in [2.24, 2.45) is 5.92 Å². The highest BCUT2D eigenvalue weighted by Gasteiger charge is 2.53. The van der Waals surface area contributed by atoms with Crippen LogP contribution in [0.25, 0.3) is 0 Å². The summed E-state index contributed by atoms with van der Waals surface area (Å²) in [5, 5.41) is 2.46. The molecule has 4 rings (SSSR count). The molecule has 2 heterocycles. The third kappa shape index (κ3) is 5.05. The molecule has 2 fully saturated rings. The van der Waals surface area contributed by atoms with E-state index in [4.69, 9.17) is 18.6 Å². The van der Waals surface area contributed by atoms with Gasteiger partial charge in [0.05, 0.1) is 24.9 Å². The first-order valence-corrected chi connectivity index (χ1v) is 14.7. The first kappa shape index (κ1) is 26.2. The van der Waals surface area contributed by atoms with Gasteiger partial charge < -0.3 is 23.4 Å². The van der Waals surface area contributed by atoms with Crippen molar-refractivity contribution in [2.45, 2.75) is 82.5 Å². The quantitative estimate of drug-likeness (QED) is 0.379. The predicted molar refractivity (Wildman–Crippen MR) is 141 cm³/mol. The van der Waals surface area contributed by atoms with Gasteiger partial charge in [-0.05, 0) is 21.8 Å². The van der Waals surface area contributed by atoms with Crippen LogP contribution >= 0.6 is 0 Å². The maximum absolute atomic E-state index is 11.0. The molecule has 0 N–H and O–H groups in total. The van der Waals surface area contributed by atoms with Crippen LogP contribution in [0.1, 0.15) is 53.4 Å². The molecule has 2 aliphatic heterocycles. The van der Waals surface area contributed by atoms with Gasteiger partial charge in [-0.2, -0.15) is 0 Å². The van der Waals surface area contributed by atoms with E-state index in [1.165, 1.54) is 10.4 Å². The van der Waals surface area contributed by atoms with Crippen molar-refractivity contribution in [2.75, 3.05) is 13.7 Å². The van der Waals surface area contributed by atoms with Crippen LogP contribution in [0.2, 0.25) is 5.04 Å². The number of aldehydes is 1. The number of hydrogen-bond acceptors (Lipinski definition) is 5. The first-order chi connectivity index (χ1) is 16.8. The monoisotopic (exact) mass is 496 g/mol. The Labute approximate surface area is 211 Å². The van der Waals surface area contributed by atoms with E-state index in [1.807, 2.05) is 0 Å². The topological polar surface area (TPSA) is 54.0 Å². The van der Waals surface area contributed by atoms with Crippen LogP contribution in [0.15, 0.2) is 60.7 Å². The first-order valence-electron chi connectivity index (χ1n) is 12.8. The molecule has 0 bridgehead atoms. The van der Waals surface area contributed by atoms with Crippen LogP contribution < -0.4 is 10.4 Å². The normalized spacial score (nSPS) is 29.1. The highest BCUT2D eigenvalue weighted by Crippen LogP contribution is 2.44. The number of benzene rings is 2. The molecule has 0 radical (unpaired) electrons. The maximum atomic E-state index is 11.0.